The van der Waals surface area contributed by atoms with Gasteiger partial charge in [0.1, 0.15) is 10.6 Å². The van der Waals surface area contributed by atoms with Crippen LogP contribution >= 0.6 is 11.3 Å². The number of benzene rings is 1. The smallest absolute Gasteiger partial charge is 0.247 e. The molecule has 1 amide bonds. The lowest BCUT2D eigenvalue weighted by Crippen LogP contribution is -2.28. The SMILES string of the molecule is COc1ccc(/C=C/C(=O)N2CCCC2c2ccc(C)s2)cc1S(=O)(=O)N(C)C. The number of carbonyl (C=O) groups excluding carboxylic acids is 1. The summed E-state index contributed by atoms with van der Waals surface area (Å²) < 4.78 is 31.5. The first-order chi connectivity index (χ1) is 13.7. The largest absolute Gasteiger partial charge is 0.495 e. The van der Waals surface area contributed by atoms with Crippen molar-refractivity contribution in [3.05, 3.63) is 51.7 Å². The molecule has 6 nitrogen and oxygen atoms in total. The minimum Gasteiger partial charge on any atom is -0.495 e. The van der Waals surface area contributed by atoms with Gasteiger partial charge in [0, 0.05) is 36.5 Å². The zero-order chi connectivity index (χ0) is 21.2. The van der Waals surface area contributed by atoms with Crippen LogP contribution < -0.4 is 4.74 Å². The van der Waals surface area contributed by atoms with Gasteiger partial charge in [-0.1, -0.05) is 6.07 Å². The molecule has 2 heterocycles. The van der Waals surface area contributed by atoms with Crippen molar-refractivity contribution in [2.75, 3.05) is 27.7 Å². The fourth-order valence-electron chi connectivity index (χ4n) is 3.42. The quantitative estimate of drug-likeness (QED) is 0.651. The standard InChI is InChI=1S/C21H26N2O4S2/c1-15-7-11-19(28-15)17-6-5-13-23(17)21(24)12-9-16-8-10-18(27-4)20(14-16)29(25,26)22(2)3/h7-12,14,17H,5-6,13H2,1-4H3/b12-9+. The third-order valence-corrected chi connectivity index (χ3v) is 7.93. The number of hydrogen-bond acceptors (Lipinski definition) is 5. The van der Waals surface area contributed by atoms with Crippen molar-refractivity contribution >= 4 is 33.3 Å². The van der Waals surface area contributed by atoms with Gasteiger partial charge in [0.25, 0.3) is 0 Å². The monoisotopic (exact) mass is 434 g/mol. The molecule has 8 heteroatoms. The van der Waals surface area contributed by atoms with Crippen molar-refractivity contribution in [3.63, 3.8) is 0 Å². The Bertz CT molecular complexity index is 1030. The molecule has 29 heavy (non-hydrogen) atoms. The summed E-state index contributed by atoms with van der Waals surface area (Å²) in [5, 5.41) is 0. The first kappa shape index (κ1) is 21.5. The van der Waals surface area contributed by atoms with E-state index in [1.54, 1.807) is 29.5 Å². The molecule has 1 aromatic carbocycles. The number of likely N-dealkylation sites (tertiary alicyclic amines) is 1. The van der Waals surface area contributed by atoms with E-state index < -0.39 is 10.0 Å². The number of thiophene rings is 1. The van der Waals surface area contributed by atoms with Crippen LogP contribution in [-0.4, -0.2) is 51.3 Å². The Labute approximate surface area is 176 Å². The molecule has 0 aliphatic carbocycles. The van der Waals surface area contributed by atoms with E-state index in [2.05, 4.69) is 19.1 Å². The van der Waals surface area contributed by atoms with Gasteiger partial charge >= 0.3 is 0 Å². The van der Waals surface area contributed by atoms with Gasteiger partial charge in [-0.3, -0.25) is 4.79 Å². The Balaban J connectivity index is 1.83. The topological polar surface area (TPSA) is 66.9 Å². The van der Waals surface area contributed by atoms with Crippen LogP contribution in [-0.2, 0) is 14.8 Å². The van der Waals surface area contributed by atoms with Gasteiger partial charge < -0.3 is 9.64 Å². The highest BCUT2D eigenvalue weighted by Gasteiger charge is 2.29. The minimum atomic E-state index is -3.66. The van der Waals surface area contributed by atoms with E-state index in [0.717, 1.165) is 23.7 Å². The number of amides is 1. The molecule has 2 aromatic rings. The van der Waals surface area contributed by atoms with Crippen LogP contribution in [0.15, 0.2) is 41.3 Å². The Morgan fingerprint density at radius 3 is 2.66 bits per heavy atom. The fraction of sp³-hybridized carbons (Fsp3) is 0.381. The highest BCUT2D eigenvalue weighted by Crippen LogP contribution is 2.36. The molecule has 1 aliphatic rings. The number of ether oxygens (including phenoxy) is 1. The summed E-state index contributed by atoms with van der Waals surface area (Å²) in [6.45, 7) is 2.80. The number of aryl methyl sites for hydroxylation is 1. The summed E-state index contributed by atoms with van der Waals surface area (Å²) in [5.41, 5.74) is 0.627. The summed E-state index contributed by atoms with van der Waals surface area (Å²) in [5.74, 6) is 0.209. The van der Waals surface area contributed by atoms with Gasteiger partial charge in [-0.15, -0.1) is 11.3 Å². The zero-order valence-corrected chi connectivity index (χ0v) is 18.7. The van der Waals surface area contributed by atoms with Crippen LogP contribution in [0.3, 0.4) is 0 Å². The molecule has 0 radical (unpaired) electrons. The van der Waals surface area contributed by atoms with Crippen molar-refractivity contribution in [2.45, 2.75) is 30.7 Å². The molecule has 0 N–H and O–H groups in total. The van der Waals surface area contributed by atoms with E-state index in [9.17, 15) is 13.2 Å². The Morgan fingerprint density at radius 1 is 1.28 bits per heavy atom. The average Bonchev–Trinajstić information content (AvgIpc) is 3.34. The number of hydrogen-bond donors (Lipinski definition) is 0. The number of methoxy groups -OCH3 is 1. The van der Waals surface area contributed by atoms with Crippen LogP contribution in [0.25, 0.3) is 6.08 Å². The first-order valence-electron chi connectivity index (χ1n) is 9.39. The molecule has 3 rings (SSSR count). The molecule has 156 valence electrons. The second-order valence-corrected chi connectivity index (χ2v) is 10.6. The third kappa shape index (κ3) is 4.55. The minimum absolute atomic E-state index is 0.0635. The third-order valence-electron chi connectivity index (χ3n) is 4.99. The highest BCUT2D eigenvalue weighted by molar-refractivity contribution is 7.89. The summed E-state index contributed by atoms with van der Waals surface area (Å²) >= 11 is 1.73. The molecule has 1 aromatic heterocycles. The predicted molar refractivity (Wildman–Crippen MR) is 116 cm³/mol. The van der Waals surface area contributed by atoms with E-state index >= 15 is 0 Å². The predicted octanol–water partition coefficient (Wildman–Crippen LogP) is 3.69. The first-order valence-corrected chi connectivity index (χ1v) is 11.7. The second kappa shape index (κ2) is 8.69. The summed E-state index contributed by atoms with van der Waals surface area (Å²) in [7, 11) is 0.721. The molecule has 0 spiro atoms. The zero-order valence-electron chi connectivity index (χ0n) is 17.1. The maximum atomic E-state index is 12.8. The molecule has 0 bridgehead atoms. The maximum Gasteiger partial charge on any atom is 0.247 e. The second-order valence-electron chi connectivity index (χ2n) is 7.17. The van der Waals surface area contributed by atoms with Crippen LogP contribution in [0, 0.1) is 6.92 Å². The van der Waals surface area contributed by atoms with Crippen molar-refractivity contribution in [1.82, 2.24) is 9.21 Å². The summed E-state index contributed by atoms with van der Waals surface area (Å²) in [6, 6.07) is 9.17. The Hall–Kier alpha value is -2.16. The number of nitrogens with zero attached hydrogens (tertiary/aromatic N) is 2. The Morgan fingerprint density at radius 2 is 2.03 bits per heavy atom. The lowest BCUT2D eigenvalue weighted by molar-refractivity contribution is -0.126. The molecule has 0 saturated carbocycles. The van der Waals surface area contributed by atoms with Gasteiger partial charge in [-0.25, -0.2) is 12.7 Å². The number of carbonyl (C=O) groups is 1. The van der Waals surface area contributed by atoms with Gasteiger partial charge in [-0.05, 0) is 55.7 Å². The van der Waals surface area contributed by atoms with Gasteiger partial charge in [-0.2, -0.15) is 0 Å². The fourth-order valence-corrected chi connectivity index (χ4v) is 5.53. The van der Waals surface area contributed by atoms with E-state index in [4.69, 9.17) is 4.74 Å². The molecular formula is C21H26N2O4S2. The van der Waals surface area contributed by atoms with E-state index in [1.807, 2.05) is 4.90 Å². The van der Waals surface area contributed by atoms with E-state index in [1.165, 1.54) is 43.1 Å². The molecule has 1 fully saturated rings. The molecule has 1 unspecified atom stereocenters. The van der Waals surface area contributed by atoms with Crippen molar-refractivity contribution in [2.24, 2.45) is 0 Å². The maximum absolute atomic E-state index is 12.8. The van der Waals surface area contributed by atoms with Crippen LogP contribution in [0.4, 0.5) is 0 Å². The summed E-state index contributed by atoms with van der Waals surface area (Å²) in [4.78, 5) is 17.2. The number of sulfonamides is 1. The highest BCUT2D eigenvalue weighted by atomic mass is 32.2. The molecule has 1 aliphatic heterocycles. The van der Waals surface area contributed by atoms with E-state index in [-0.39, 0.29) is 22.6 Å². The van der Waals surface area contributed by atoms with Gasteiger partial charge in [0.05, 0.1) is 13.2 Å². The van der Waals surface area contributed by atoms with Crippen LogP contribution in [0.1, 0.15) is 34.2 Å². The molecule has 1 atom stereocenters. The summed E-state index contributed by atoms with van der Waals surface area (Å²) in [6.07, 6.45) is 5.13. The van der Waals surface area contributed by atoms with Gasteiger partial charge in [0.2, 0.25) is 15.9 Å². The van der Waals surface area contributed by atoms with E-state index in [0.29, 0.717) is 5.56 Å². The molecule has 1 saturated heterocycles. The van der Waals surface area contributed by atoms with Crippen molar-refractivity contribution in [1.29, 1.82) is 0 Å². The van der Waals surface area contributed by atoms with Gasteiger partial charge in [0.15, 0.2) is 0 Å². The van der Waals surface area contributed by atoms with Crippen molar-refractivity contribution < 1.29 is 17.9 Å². The van der Waals surface area contributed by atoms with Crippen molar-refractivity contribution in [3.8, 4) is 5.75 Å². The normalized spacial score (nSPS) is 17.4. The lowest BCUT2D eigenvalue weighted by Gasteiger charge is -2.22. The average molecular weight is 435 g/mol. The number of rotatable bonds is 6. The van der Waals surface area contributed by atoms with Crippen LogP contribution in [0.5, 0.6) is 5.75 Å². The van der Waals surface area contributed by atoms with Crippen LogP contribution in [0.2, 0.25) is 0 Å². The molecular weight excluding hydrogens is 408 g/mol. The lowest BCUT2D eigenvalue weighted by atomic mass is 10.1. The Kier molecular flexibility index (Phi) is 6.45.